The molecule has 15 heavy (non-hydrogen) atoms. The normalized spacial score (nSPS) is 11.5. The molecule has 0 aliphatic carbocycles. The molecule has 0 fully saturated rings. The number of hydrogen-bond acceptors (Lipinski definition) is 3. The van der Waals surface area contributed by atoms with E-state index < -0.39 is 12.7 Å². The number of hydrogen-bond donors (Lipinski definition) is 1. The van der Waals surface area contributed by atoms with Gasteiger partial charge in [0.2, 0.25) is 0 Å². The lowest BCUT2D eigenvalue weighted by Gasteiger charge is -2.19. The predicted octanol–water partition coefficient (Wildman–Crippen LogP) is 1.57. The monoisotopic (exact) mass is 220 g/mol. The number of aliphatic hydroxyl groups excluding tert-OH is 1. The lowest BCUT2D eigenvalue weighted by molar-refractivity contribution is -0.119. The summed E-state index contributed by atoms with van der Waals surface area (Å²) in [5, 5.41) is 8.72. The summed E-state index contributed by atoms with van der Waals surface area (Å²) in [6, 6.07) is 2.98. The average Bonchev–Trinajstić information content (AvgIpc) is 2.15. The SMILES string of the molecule is CN(CC(F)(F)F)c1ccc(CO)cn1. The van der Waals surface area contributed by atoms with E-state index in [1.165, 1.54) is 25.4 Å². The summed E-state index contributed by atoms with van der Waals surface area (Å²) in [4.78, 5) is 4.80. The maximum absolute atomic E-state index is 12.0. The average molecular weight is 220 g/mol. The van der Waals surface area contributed by atoms with E-state index in [9.17, 15) is 13.2 Å². The van der Waals surface area contributed by atoms with Crippen molar-refractivity contribution in [2.45, 2.75) is 12.8 Å². The maximum Gasteiger partial charge on any atom is 0.405 e. The van der Waals surface area contributed by atoms with Crippen molar-refractivity contribution in [3.05, 3.63) is 23.9 Å². The predicted molar refractivity (Wildman–Crippen MR) is 49.5 cm³/mol. The quantitative estimate of drug-likeness (QED) is 0.840. The van der Waals surface area contributed by atoms with Gasteiger partial charge in [-0.05, 0) is 11.6 Å². The van der Waals surface area contributed by atoms with Gasteiger partial charge in [-0.15, -0.1) is 0 Å². The molecule has 1 aromatic heterocycles. The molecular formula is C9H11F3N2O. The highest BCUT2D eigenvalue weighted by Crippen LogP contribution is 2.19. The highest BCUT2D eigenvalue weighted by atomic mass is 19.4. The number of aromatic nitrogens is 1. The fourth-order valence-electron chi connectivity index (χ4n) is 1.09. The molecule has 0 aliphatic heterocycles. The van der Waals surface area contributed by atoms with Crippen LogP contribution in [-0.2, 0) is 6.61 Å². The number of anilines is 1. The minimum atomic E-state index is -4.24. The minimum absolute atomic E-state index is 0.170. The van der Waals surface area contributed by atoms with E-state index in [2.05, 4.69) is 4.98 Å². The van der Waals surface area contributed by atoms with Crippen LogP contribution in [0.4, 0.5) is 19.0 Å². The minimum Gasteiger partial charge on any atom is -0.392 e. The van der Waals surface area contributed by atoms with Gasteiger partial charge in [0.1, 0.15) is 12.4 Å². The van der Waals surface area contributed by atoms with Gasteiger partial charge in [0.15, 0.2) is 0 Å². The molecule has 0 aliphatic rings. The van der Waals surface area contributed by atoms with Crippen LogP contribution in [0.1, 0.15) is 5.56 Å². The lowest BCUT2D eigenvalue weighted by Crippen LogP contribution is -2.31. The van der Waals surface area contributed by atoms with E-state index in [4.69, 9.17) is 5.11 Å². The van der Waals surface area contributed by atoms with Gasteiger partial charge >= 0.3 is 6.18 Å². The Labute approximate surface area is 85.2 Å². The molecule has 0 saturated heterocycles. The van der Waals surface area contributed by atoms with Crippen LogP contribution in [-0.4, -0.2) is 29.9 Å². The van der Waals surface area contributed by atoms with E-state index in [1.54, 1.807) is 0 Å². The molecule has 0 spiro atoms. The van der Waals surface area contributed by atoms with Crippen molar-refractivity contribution in [1.82, 2.24) is 4.98 Å². The first-order chi connectivity index (χ1) is 6.92. The standard InChI is InChI=1S/C9H11F3N2O/c1-14(6-9(10,11)12)8-3-2-7(5-15)4-13-8/h2-4,15H,5-6H2,1H3. The zero-order chi connectivity index (χ0) is 11.5. The third-order valence-corrected chi connectivity index (χ3v) is 1.80. The summed E-state index contributed by atoms with van der Waals surface area (Å²) in [5.74, 6) is 0.226. The number of halogens is 3. The molecule has 0 saturated carbocycles. The molecule has 1 heterocycles. The van der Waals surface area contributed by atoms with Gasteiger partial charge in [0.05, 0.1) is 6.61 Å². The van der Waals surface area contributed by atoms with Crippen LogP contribution in [0.3, 0.4) is 0 Å². The number of aliphatic hydroxyl groups is 1. The van der Waals surface area contributed by atoms with Gasteiger partial charge in [0, 0.05) is 13.2 Å². The van der Waals surface area contributed by atoms with E-state index in [0.29, 0.717) is 5.56 Å². The highest BCUT2D eigenvalue weighted by Gasteiger charge is 2.29. The van der Waals surface area contributed by atoms with Gasteiger partial charge in [-0.2, -0.15) is 13.2 Å². The Morgan fingerprint density at radius 1 is 1.40 bits per heavy atom. The van der Waals surface area contributed by atoms with E-state index >= 15 is 0 Å². The molecular weight excluding hydrogens is 209 g/mol. The first-order valence-corrected chi connectivity index (χ1v) is 4.26. The summed E-state index contributed by atoms with van der Waals surface area (Å²) in [7, 11) is 1.31. The molecule has 0 atom stereocenters. The molecule has 0 unspecified atom stereocenters. The highest BCUT2D eigenvalue weighted by molar-refractivity contribution is 5.38. The zero-order valence-electron chi connectivity index (χ0n) is 8.12. The molecule has 1 rings (SSSR count). The van der Waals surface area contributed by atoms with Gasteiger partial charge in [-0.3, -0.25) is 0 Å². The van der Waals surface area contributed by atoms with E-state index in [0.717, 1.165) is 4.90 Å². The van der Waals surface area contributed by atoms with Gasteiger partial charge in [0.25, 0.3) is 0 Å². The van der Waals surface area contributed by atoms with Crippen molar-refractivity contribution in [2.24, 2.45) is 0 Å². The molecule has 0 radical (unpaired) electrons. The Morgan fingerprint density at radius 3 is 2.47 bits per heavy atom. The van der Waals surface area contributed by atoms with Crippen LogP contribution in [0.5, 0.6) is 0 Å². The van der Waals surface area contributed by atoms with Gasteiger partial charge < -0.3 is 10.0 Å². The molecule has 0 bridgehead atoms. The first-order valence-electron chi connectivity index (χ1n) is 4.26. The summed E-state index contributed by atoms with van der Waals surface area (Å²) in [5.41, 5.74) is 0.569. The number of nitrogens with zero attached hydrogens (tertiary/aromatic N) is 2. The summed E-state index contributed by atoms with van der Waals surface area (Å²) in [6.45, 7) is -1.21. The second-order valence-corrected chi connectivity index (χ2v) is 3.15. The topological polar surface area (TPSA) is 36.4 Å². The fourth-order valence-corrected chi connectivity index (χ4v) is 1.09. The fraction of sp³-hybridized carbons (Fsp3) is 0.444. The molecule has 3 nitrogen and oxygen atoms in total. The number of alkyl halides is 3. The summed E-state index contributed by atoms with van der Waals surface area (Å²) >= 11 is 0. The Hall–Kier alpha value is -1.30. The second-order valence-electron chi connectivity index (χ2n) is 3.15. The van der Waals surface area contributed by atoms with Crippen molar-refractivity contribution >= 4 is 5.82 Å². The Bertz CT molecular complexity index is 310. The first kappa shape index (κ1) is 11.8. The van der Waals surface area contributed by atoms with Crippen molar-refractivity contribution in [3.63, 3.8) is 0 Å². The van der Waals surface area contributed by atoms with Crippen LogP contribution >= 0.6 is 0 Å². The molecule has 6 heteroatoms. The molecule has 84 valence electrons. The van der Waals surface area contributed by atoms with Crippen LogP contribution in [0.2, 0.25) is 0 Å². The van der Waals surface area contributed by atoms with Crippen molar-refractivity contribution in [3.8, 4) is 0 Å². The van der Waals surface area contributed by atoms with Crippen LogP contribution in [0.15, 0.2) is 18.3 Å². The Kier molecular flexibility index (Phi) is 3.52. The summed E-state index contributed by atoms with van der Waals surface area (Å²) in [6.07, 6.45) is -2.89. The Morgan fingerprint density at radius 2 is 2.07 bits per heavy atom. The molecule has 0 aromatic carbocycles. The van der Waals surface area contributed by atoms with Crippen molar-refractivity contribution in [1.29, 1.82) is 0 Å². The Balaban J connectivity index is 2.70. The van der Waals surface area contributed by atoms with Crippen molar-refractivity contribution < 1.29 is 18.3 Å². The zero-order valence-corrected chi connectivity index (χ0v) is 8.12. The van der Waals surface area contributed by atoms with Crippen LogP contribution in [0.25, 0.3) is 0 Å². The van der Waals surface area contributed by atoms with Gasteiger partial charge in [-0.25, -0.2) is 4.98 Å². The van der Waals surface area contributed by atoms with Crippen LogP contribution in [0, 0.1) is 0 Å². The molecule has 1 aromatic rings. The number of rotatable bonds is 3. The largest absolute Gasteiger partial charge is 0.405 e. The van der Waals surface area contributed by atoms with Crippen molar-refractivity contribution in [2.75, 3.05) is 18.5 Å². The third kappa shape index (κ3) is 3.75. The third-order valence-electron chi connectivity index (χ3n) is 1.80. The molecule has 0 amide bonds. The van der Waals surface area contributed by atoms with E-state index in [1.807, 2.05) is 0 Å². The molecule has 1 N–H and O–H groups in total. The second kappa shape index (κ2) is 4.48. The smallest absolute Gasteiger partial charge is 0.392 e. The van der Waals surface area contributed by atoms with Crippen LogP contribution < -0.4 is 4.90 Å². The van der Waals surface area contributed by atoms with Gasteiger partial charge in [-0.1, -0.05) is 6.07 Å². The lowest BCUT2D eigenvalue weighted by atomic mass is 10.3. The van der Waals surface area contributed by atoms with E-state index in [-0.39, 0.29) is 12.4 Å². The summed E-state index contributed by atoms with van der Waals surface area (Å²) < 4.78 is 36.1. The maximum atomic E-state index is 12.0. The number of pyridine rings is 1.